The number of aryl methyl sites for hydroxylation is 1. The summed E-state index contributed by atoms with van der Waals surface area (Å²) in [6.07, 6.45) is -0.00832. The molecule has 5 nitrogen and oxygen atoms in total. The van der Waals surface area contributed by atoms with Crippen molar-refractivity contribution in [3.05, 3.63) is 70.7 Å². The van der Waals surface area contributed by atoms with Crippen LogP contribution in [0.2, 0.25) is 0 Å². The maximum atomic E-state index is 13.2. The molecule has 0 unspecified atom stereocenters. The molecule has 9 heteroatoms. The molecule has 2 aromatic carbocycles. The van der Waals surface area contributed by atoms with Gasteiger partial charge < -0.3 is 10.6 Å². The summed E-state index contributed by atoms with van der Waals surface area (Å²) in [6, 6.07) is 10.7. The molecule has 0 radical (unpaired) electrons. The predicted molar refractivity (Wildman–Crippen MR) is 111 cm³/mol. The Labute approximate surface area is 174 Å². The fourth-order valence-corrected chi connectivity index (χ4v) is 3.99. The van der Waals surface area contributed by atoms with Gasteiger partial charge in [-0.1, -0.05) is 29.5 Å². The molecule has 0 fully saturated rings. The lowest BCUT2D eigenvalue weighted by Gasteiger charge is -2.05. The number of aromatic nitrogens is 1. The van der Waals surface area contributed by atoms with Gasteiger partial charge in [0.25, 0.3) is 0 Å². The second-order valence-electron chi connectivity index (χ2n) is 6.16. The van der Waals surface area contributed by atoms with Crippen LogP contribution in [0.15, 0.2) is 52.2 Å². The normalized spacial score (nSPS) is 10.6. The Kier molecular flexibility index (Phi) is 6.95. The highest BCUT2D eigenvalue weighted by atomic mass is 32.2. The minimum Gasteiger partial charge on any atom is -0.326 e. The van der Waals surface area contributed by atoms with Crippen molar-refractivity contribution in [1.82, 2.24) is 4.98 Å². The Morgan fingerprint density at radius 3 is 2.41 bits per heavy atom. The van der Waals surface area contributed by atoms with Crippen LogP contribution in [0.1, 0.15) is 11.3 Å². The molecule has 29 heavy (non-hydrogen) atoms. The summed E-state index contributed by atoms with van der Waals surface area (Å²) in [7, 11) is 0. The summed E-state index contributed by atoms with van der Waals surface area (Å²) in [5.74, 6) is -2.35. The first-order valence-corrected chi connectivity index (χ1v) is 10.4. The Hall–Kier alpha value is -2.78. The fourth-order valence-electron chi connectivity index (χ4n) is 2.34. The molecule has 1 heterocycles. The van der Waals surface area contributed by atoms with E-state index < -0.39 is 17.5 Å². The zero-order chi connectivity index (χ0) is 20.8. The van der Waals surface area contributed by atoms with Gasteiger partial charge in [0.1, 0.15) is 0 Å². The van der Waals surface area contributed by atoms with Gasteiger partial charge in [0.2, 0.25) is 11.8 Å². The highest BCUT2D eigenvalue weighted by Gasteiger charge is 2.11. The minimum absolute atomic E-state index is 0.00832. The molecule has 0 spiro atoms. The smallest absolute Gasteiger partial charge is 0.234 e. The van der Waals surface area contributed by atoms with E-state index in [1.165, 1.54) is 29.2 Å². The van der Waals surface area contributed by atoms with E-state index in [1.54, 1.807) is 5.38 Å². The van der Waals surface area contributed by atoms with Crippen LogP contribution in [-0.4, -0.2) is 22.6 Å². The fraction of sp³-hybridized carbons (Fsp3) is 0.150. The van der Waals surface area contributed by atoms with E-state index in [4.69, 9.17) is 0 Å². The van der Waals surface area contributed by atoms with Crippen LogP contribution in [0.25, 0.3) is 0 Å². The largest absolute Gasteiger partial charge is 0.326 e. The van der Waals surface area contributed by atoms with Gasteiger partial charge in [0.05, 0.1) is 17.9 Å². The van der Waals surface area contributed by atoms with Crippen LogP contribution < -0.4 is 10.6 Å². The zero-order valence-corrected chi connectivity index (χ0v) is 17.0. The molecule has 0 atom stereocenters. The van der Waals surface area contributed by atoms with E-state index in [0.717, 1.165) is 23.4 Å². The van der Waals surface area contributed by atoms with Crippen molar-refractivity contribution in [2.45, 2.75) is 17.7 Å². The first-order valence-electron chi connectivity index (χ1n) is 8.57. The number of hydrogen-bond acceptors (Lipinski definition) is 5. The topological polar surface area (TPSA) is 71.1 Å². The van der Waals surface area contributed by atoms with Crippen LogP contribution in [0.5, 0.6) is 0 Å². The third kappa shape index (κ3) is 6.37. The summed E-state index contributed by atoms with van der Waals surface area (Å²) in [5.41, 5.74) is 2.55. The van der Waals surface area contributed by atoms with E-state index in [-0.39, 0.29) is 23.8 Å². The molecule has 0 bridgehead atoms. The predicted octanol–water partition coefficient (Wildman–Crippen LogP) is 4.64. The number of thiazole rings is 1. The van der Waals surface area contributed by atoms with Gasteiger partial charge in [-0.15, -0.1) is 11.3 Å². The number of rotatable bonds is 7. The third-order valence-electron chi connectivity index (χ3n) is 3.74. The number of carbonyl (C=O) groups is 2. The maximum absolute atomic E-state index is 13.2. The average molecular weight is 434 g/mol. The second kappa shape index (κ2) is 9.62. The van der Waals surface area contributed by atoms with Crippen molar-refractivity contribution < 1.29 is 18.4 Å². The molecule has 0 saturated carbocycles. The molecule has 0 aliphatic heterocycles. The Morgan fingerprint density at radius 1 is 1.00 bits per heavy atom. The van der Waals surface area contributed by atoms with Crippen LogP contribution in [0.4, 0.5) is 20.2 Å². The number of halogens is 2. The van der Waals surface area contributed by atoms with Crippen molar-refractivity contribution in [3.63, 3.8) is 0 Å². The number of amides is 2. The SMILES string of the molecule is Cc1ccc(NC(=O)CSc2nc(CC(=O)Nc3ccc(F)c(F)c3)cs2)cc1. The highest BCUT2D eigenvalue weighted by molar-refractivity contribution is 8.01. The summed E-state index contributed by atoms with van der Waals surface area (Å²) in [4.78, 5) is 28.4. The molecule has 1 aromatic heterocycles. The molecule has 3 aromatic rings. The summed E-state index contributed by atoms with van der Waals surface area (Å²) in [5, 5.41) is 7.03. The molecular formula is C20H17F2N3O2S2. The lowest BCUT2D eigenvalue weighted by molar-refractivity contribution is -0.116. The van der Waals surface area contributed by atoms with Crippen LogP contribution in [0, 0.1) is 18.6 Å². The lowest BCUT2D eigenvalue weighted by atomic mass is 10.2. The number of thioether (sulfide) groups is 1. The van der Waals surface area contributed by atoms with Crippen molar-refractivity contribution >= 4 is 46.3 Å². The number of hydrogen-bond donors (Lipinski definition) is 2. The van der Waals surface area contributed by atoms with Crippen LogP contribution in [0.3, 0.4) is 0 Å². The number of carbonyl (C=O) groups excluding carboxylic acids is 2. The van der Waals surface area contributed by atoms with Crippen LogP contribution in [-0.2, 0) is 16.0 Å². The number of nitrogens with zero attached hydrogens (tertiary/aromatic N) is 1. The number of anilines is 2. The van der Waals surface area contributed by atoms with E-state index in [9.17, 15) is 18.4 Å². The monoisotopic (exact) mass is 433 g/mol. The summed E-state index contributed by atoms with van der Waals surface area (Å²) in [6.45, 7) is 1.97. The quantitative estimate of drug-likeness (QED) is 0.533. The van der Waals surface area contributed by atoms with Gasteiger partial charge in [0.15, 0.2) is 16.0 Å². The van der Waals surface area contributed by atoms with Crippen molar-refractivity contribution in [2.75, 3.05) is 16.4 Å². The van der Waals surface area contributed by atoms with Crippen molar-refractivity contribution in [1.29, 1.82) is 0 Å². The highest BCUT2D eigenvalue weighted by Crippen LogP contribution is 2.23. The standard InChI is InChI=1S/C20H17F2N3O2S2/c1-12-2-4-13(5-3-12)23-19(27)11-29-20-25-15(10-28-20)9-18(26)24-14-6-7-16(21)17(22)8-14/h2-8,10H,9,11H2,1H3,(H,23,27)(H,24,26). The van der Waals surface area contributed by atoms with Gasteiger partial charge in [0, 0.05) is 22.8 Å². The van der Waals surface area contributed by atoms with Gasteiger partial charge in [-0.05, 0) is 31.2 Å². The van der Waals surface area contributed by atoms with Crippen molar-refractivity contribution in [2.24, 2.45) is 0 Å². The minimum atomic E-state index is -1.03. The van der Waals surface area contributed by atoms with E-state index >= 15 is 0 Å². The Morgan fingerprint density at radius 2 is 1.69 bits per heavy atom. The Balaban J connectivity index is 1.47. The average Bonchev–Trinajstić information content (AvgIpc) is 3.12. The van der Waals surface area contributed by atoms with Gasteiger partial charge in [-0.25, -0.2) is 13.8 Å². The van der Waals surface area contributed by atoms with Gasteiger partial charge >= 0.3 is 0 Å². The molecule has 2 amide bonds. The van der Waals surface area contributed by atoms with E-state index in [1.807, 2.05) is 31.2 Å². The first kappa shape index (κ1) is 20.9. The zero-order valence-electron chi connectivity index (χ0n) is 15.4. The third-order valence-corrected chi connectivity index (χ3v) is 5.81. The molecule has 0 aliphatic carbocycles. The Bertz CT molecular complexity index is 1020. The van der Waals surface area contributed by atoms with E-state index in [0.29, 0.717) is 10.0 Å². The summed E-state index contributed by atoms with van der Waals surface area (Å²) >= 11 is 2.61. The van der Waals surface area contributed by atoms with E-state index in [2.05, 4.69) is 15.6 Å². The van der Waals surface area contributed by atoms with Crippen LogP contribution >= 0.6 is 23.1 Å². The molecule has 0 saturated heterocycles. The number of benzene rings is 2. The summed E-state index contributed by atoms with van der Waals surface area (Å²) < 4.78 is 26.8. The molecule has 3 rings (SSSR count). The second-order valence-corrected chi connectivity index (χ2v) is 8.24. The number of nitrogens with one attached hydrogen (secondary N) is 2. The molecule has 150 valence electrons. The van der Waals surface area contributed by atoms with Gasteiger partial charge in [-0.2, -0.15) is 0 Å². The van der Waals surface area contributed by atoms with Gasteiger partial charge in [-0.3, -0.25) is 9.59 Å². The molecule has 0 aliphatic rings. The molecule has 2 N–H and O–H groups in total. The molecular weight excluding hydrogens is 416 g/mol. The maximum Gasteiger partial charge on any atom is 0.234 e. The lowest BCUT2D eigenvalue weighted by Crippen LogP contribution is -2.15. The first-order chi connectivity index (χ1) is 13.9. The van der Waals surface area contributed by atoms with Crippen molar-refractivity contribution in [3.8, 4) is 0 Å².